The third-order valence-electron chi connectivity index (χ3n) is 13.7. The summed E-state index contributed by atoms with van der Waals surface area (Å²) in [6.07, 6.45) is 99.7. The van der Waals surface area contributed by atoms with Crippen LogP contribution in [0.4, 0.5) is 0 Å². The third kappa shape index (κ3) is 65.8. The van der Waals surface area contributed by atoms with E-state index >= 15 is 0 Å². The van der Waals surface area contributed by atoms with E-state index in [0.29, 0.717) is 25.7 Å². The Morgan fingerprint density at radius 3 is 0.805 bits per heavy atom. The van der Waals surface area contributed by atoms with E-state index in [2.05, 4.69) is 179 Å². The van der Waals surface area contributed by atoms with Crippen LogP contribution in [0.5, 0.6) is 0 Å². The predicted octanol–water partition coefficient (Wildman–Crippen LogP) is 23.3. The standard InChI is InChI=1S/C76H122O6/c1-4-7-10-13-16-19-22-25-28-30-31-32-33-34-35-36-37-38-39-40-41-42-43-44-45-46-49-51-54-57-60-63-66-69-75(78)81-72-73(71-80-74(77)68-65-62-59-56-53-50-47-27-24-21-18-15-12-9-6-3)82-76(79)70-67-64-61-58-55-52-48-29-26-23-20-17-14-11-8-5-2/h7,10,16,18-19,21,25,27-29,31-32,34-35,37-38,40-41,43-44,46-49,54,57,73H,4-6,8-9,11-15,17,20,22-24,26,30,33,36,39,42,45,50-53,55-56,58-72H2,1-3H3/b10-7-,19-16-,21-18-,28-25-,32-31-,35-34-,38-37-,41-40-,44-43-,47-27-,48-29-,49-46-,57-54-. The molecule has 0 aliphatic rings. The minimum absolute atomic E-state index is 0.107. The van der Waals surface area contributed by atoms with Crippen molar-refractivity contribution in [2.24, 2.45) is 0 Å². The number of carbonyl (C=O) groups is 3. The van der Waals surface area contributed by atoms with Crippen LogP contribution in [-0.4, -0.2) is 37.2 Å². The van der Waals surface area contributed by atoms with Crippen LogP contribution in [0.25, 0.3) is 0 Å². The van der Waals surface area contributed by atoms with Gasteiger partial charge < -0.3 is 14.2 Å². The average Bonchev–Trinajstić information content (AvgIpc) is 3.47. The Morgan fingerprint density at radius 1 is 0.256 bits per heavy atom. The molecule has 1 atom stereocenters. The first-order chi connectivity index (χ1) is 40.5. The molecule has 0 aromatic heterocycles. The number of esters is 3. The first-order valence-electron chi connectivity index (χ1n) is 33.5. The molecule has 0 bridgehead atoms. The highest BCUT2D eigenvalue weighted by atomic mass is 16.6. The van der Waals surface area contributed by atoms with E-state index in [4.69, 9.17) is 14.2 Å². The Hall–Kier alpha value is -4.97. The summed E-state index contributed by atoms with van der Waals surface area (Å²) in [6, 6.07) is 0. The third-order valence-corrected chi connectivity index (χ3v) is 13.7. The molecule has 0 saturated carbocycles. The Labute approximate surface area is 505 Å². The van der Waals surface area contributed by atoms with Crippen LogP contribution in [-0.2, 0) is 28.6 Å². The van der Waals surface area contributed by atoms with Crippen molar-refractivity contribution in [3.8, 4) is 0 Å². The Bertz CT molecular complexity index is 1830. The molecule has 0 N–H and O–H groups in total. The second-order valence-electron chi connectivity index (χ2n) is 21.6. The molecule has 0 spiro atoms. The maximum Gasteiger partial charge on any atom is 0.306 e. The number of carbonyl (C=O) groups excluding carboxylic acids is 3. The summed E-state index contributed by atoms with van der Waals surface area (Å²) in [4.78, 5) is 38.3. The van der Waals surface area contributed by atoms with Crippen molar-refractivity contribution >= 4 is 17.9 Å². The highest BCUT2D eigenvalue weighted by Gasteiger charge is 2.19. The van der Waals surface area contributed by atoms with Crippen molar-refractivity contribution in [1.82, 2.24) is 0 Å². The van der Waals surface area contributed by atoms with E-state index in [-0.39, 0.29) is 31.1 Å². The van der Waals surface area contributed by atoms with Crippen molar-refractivity contribution in [2.75, 3.05) is 13.2 Å². The number of hydrogen-bond donors (Lipinski definition) is 0. The molecule has 0 aromatic rings. The van der Waals surface area contributed by atoms with Crippen LogP contribution in [0, 0.1) is 0 Å². The lowest BCUT2D eigenvalue weighted by Crippen LogP contribution is -2.30. The molecular formula is C76H122O6. The van der Waals surface area contributed by atoms with Gasteiger partial charge in [-0.25, -0.2) is 0 Å². The van der Waals surface area contributed by atoms with Crippen LogP contribution in [0.15, 0.2) is 158 Å². The van der Waals surface area contributed by atoms with Crippen LogP contribution in [0.2, 0.25) is 0 Å². The first-order valence-corrected chi connectivity index (χ1v) is 33.5. The summed E-state index contributed by atoms with van der Waals surface area (Å²) in [5, 5.41) is 0. The quantitative estimate of drug-likeness (QED) is 0.0261. The monoisotopic (exact) mass is 1130 g/mol. The highest BCUT2D eigenvalue weighted by molar-refractivity contribution is 5.71. The zero-order valence-electron chi connectivity index (χ0n) is 52.9. The predicted molar refractivity (Wildman–Crippen MR) is 357 cm³/mol. The summed E-state index contributed by atoms with van der Waals surface area (Å²) in [7, 11) is 0. The van der Waals surface area contributed by atoms with Gasteiger partial charge in [0.2, 0.25) is 0 Å². The van der Waals surface area contributed by atoms with Gasteiger partial charge in [-0.15, -0.1) is 0 Å². The fourth-order valence-corrected chi connectivity index (χ4v) is 8.73. The first kappa shape index (κ1) is 77.0. The van der Waals surface area contributed by atoms with E-state index < -0.39 is 6.10 Å². The number of hydrogen-bond acceptors (Lipinski definition) is 6. The molecule has 0 amide bonds. The van der Waals surface area contributed by atoms with Gasteiger partial charge in [-0.2, -0.15) is 0 Å². The summed E-state index contributed by atoms with van der Waals surface area (Å²) in [5.41, 5.74) is 0. The smallest absolute Gasteiger partial charge is 0.306 e. The van der Waals surface area contributed by atoms with Gasteiger partial charge >= 0.3 is 17.9 Å². The Balaban J connectivity index is 4.43. The molecule has 0 heterocycles. The Kier molecular flexibility index (Phi) is 64.4. The molecule has 0 saturated heterocycles. The fourth-order valence-electron chi connectivity index (χ4n) is 8.73. The van der Waals surface area contributed by atoms with Crippen LogP contribution in [0.3, 0.4) is 0 Å². The van der Waals surface area contributed by atoms with Gasteiger partial charge in [-0.05, 0) is 154 Å². The molecule has 6 heteroatoms. The van der Waals surface area contributed by atoms with E-state index in [0.717, 1.165) is 154 Å². The van der Waals surface area contributed by atoms with Gasteiger partial charge in [0.05, 0.1) is 0 Å². The lowest BCUT2D eigenvalue weighted by Gasteiger charge is -2.18. The molecule has 462 valence electrons. The van der Waals surface area contributed by atoms with E-state index in [1.54, 1.807) is 0 Å². The van der Waals surface area contributed by atoms with E-state index in [1.165, 1.54) is 83.5 Å². The average molecular weight is 1130 g/mol. The van der Waals surface area contributed by atoms with Crippen LogP contribution >= 0.6 is 0 Å². The maximum atomic E-state index is 12.9. The minimum atomic E-state index is -0.814. The summed E-state index contributed by atoms with van der Waals surface area (Å²) in [5.74, 6) is -0.974. The second-order valence-corrected chi connectivity index (χ2v) is 21.6. The molecule has 6 nitrogen and oxygen atoms in total. The largest absolute Gasteiger partial charge is 0.462 e. The zero-order valence-corrected chi connectivity index (χ0v) is 52.9. The van der Waals surface area contributed by atoms with Crippen molar-refractivity contribution < 1.29 is 28.6 Å². The number of allylic oxidation sites excluding steroid dienone is 26. The minimum Gasteiger partial charge on any atom is -0.462 e. The van der Waals surface area contributed by atoms with Crippen molar-refractivity contribution in [3.05, 3.63) is 158 Å². The molecule has 0 aliphatic heterocycles. The number of unbranched alkanes of at least 4 members (excludes halogenated alkanes) is 22. The SMILES string of the molecule is CC/C=C\C/C=C\C/C=C\C/C=C\C/C=C\C/C=C\C/C=C\C/C=C\C/C=C\C/C=C\CCCCC(=O)OCC(COC(=O)CCCCCCC/C=C\C/C=C\CCCCC)OC(=O)CCCCCCC/C=C\CCCCCCCCC. The lowest BCUT2D eigenvalue weighted by molar-refractivity contribution is -0.167. The number of ether oxygens (including phenoxy) is 3. The topological polar surface area (TPSA) is 78.9 Å². The van der Waals surface area contributed by atoms with Gasteiger partial charge in [0.1, 0.15) is 13.2 Å². The van der Waals surface area contributed by atoms with Crippen LogP contribution in [0.1, 0.15) is 284 Å². The highest BCUT2D eigenvalue weighted by Crippen LogP contribution is 2.14. The van der Waals surface area contributed by atoms with Gasteiger partial charge in [-0.3, -0.25) is 14.4 Å². The number of rotatable bonds is 59. The molecule has 0 aromatic carbocycles. The van der Waals surface area contributed by atoms with E-state index in [1.807, 2.05) is 0 Å². The molecule has 0 fully saturated rings. The van der Waals surface area contributed by atoms with Gasteiger partial charge in [0.15, 0.2) is 6.10 Å². The van der Waals surface area contributed by atoms with Gasteiger partial charge in [0, 0.05) is 19.3 Å². The summed E-state index contributed by atoms with van der Waals surface area (Å²) >= 11 is 0. The Morgan fingerprint density at radius 2 is 0.476 bits per heavy atom. The molecule has 1 unspecified atom stereocenters. The molecular weight excluding hydrogens is 1010 g/mol. The van der Waals surface area contributed by atoms with Crippen LogP contribution < -0.4 is 0 Å². The molecule has 0 radical (unpaired) electrons. The lowest BCUT2D eigenvalue weighted by atomic mass is 10.1. The fraction of sp³-hybridized carbons (Fsp3) is 0.618. The second kappa shape index (κ2) is 68.5. The summed E-state index contributed by atoms with van der Waals surface area (Å²) in [6.45, 7) is 6.44. The van der Waals surface area contributed by atoms with Gasteiger partial charge in [-0.1, -0.05) is 269 Å². The normalized spacial score (nSPS) is 13.2. The maximum absolute atomic E-state index is 12.9. The summed E-state index contributed by atoms with van der Waals surface area (Å²) < 4.78 is 16.9. The molecule has 0 aliphatic carbocycles. The molecule has 0 rings (SSSR count). The van der Waals surface area contributed by atoms with E-state index in [9.17, 15) is 14.4 Å². The zero-order chi connectivity index (χ0) is 59.2. The molecule has 82 heavy (non-hydrogen) atoms. The van der Waals surface area contributed by atoms with Crippen molar-refractivity contribution in [2.45, 2.75) is 290 Å². The van der Waals surface area contributed by atoms with Gasteiger partial charge in [0.25, 0.3) is 0 Å². The van der Waals surface area contributed by atoms with Crippen molar-refractivity contribution in [1.29, 1.82) is 0 Å². The van der Waals surface area contributed by atoms with Crippen molar-refractivity contribution in [3.63, 3.8) is 0 Å².